The maximum atomic E-state index is 12.9. The van der Waals surface area contributed by atoms with Crippen molar-refractivity contribution in [1.29, 1.82) is 0 Å². The van der Waals surface area contributed by atoms with Crippen LogP contribution in [0.1, 0.15) is 419 Å². The largest absolute Gasteiger partial charge is 0.462 e. The summed E-state index contributed by atoms with van der Waals surface area (Å²) >= 11 is 0. The third kappa shape index (κ3) is 70.3. The first kappa shape index (κ1) is 80.6. The first-order chi connectivity index (χ1) is 41.0. The molecule has 0 fully saturated rings. The third-order valence-electron chi connectivity index (χ3n) is 17.1. The SMILES string of the molecule is CCCCCCC/C=C\C/C=C\C/C=C\CCCCCCCCCCCCCCCCC(=O)OC(COC(=O)CCCCCCC)COC(=O)CCCCCCCCCCCCCCCCCCCCCCCCCCCCCCCCC. The van der Waals surface area contributed by atoms with E-state index in [1.807, 2.05) is 0 Å². The van der Waals surface area contributed by atoms with E-state index in [-0.39, 0.29) is 31.1 Å². The summed E-state index contributed by atoms with van der Waals surface area (Å²) in [6.07, 6.45) is 91.2. The first-order valence-corrected chi connectivity index (χ1v) is 37.5. The van der Waals surface area contributed by atoms with Gasteiger partial charge >= 0.3 is 17.9 Å². The van der Waals surface area contributed by atoms with Gasteiger partial charge in [-0.3, -0.25) is 14.4 Å². The second-order valence-corrected chi connectivity index (χ2v) is 25.6. The minimum Gasteiger partial charge on any atom is -0.462 e. The van der Waals surface area contributed by atoms with E-state index < -0.39 is 6.10 Å². The van der Waals surface area contributed by atoms with Crippen LogP contribution in [0.25, 0.3) is 0 Å². The summed E-state index contributed by atoms with van der Waals surface area (Å²) in [7, 11) is 0. The van der Waals surface area contributed by atoms with Crippen molar-refractivity contribution in [2.75, 3.05) is 13.2 Å². The number of rotatable bonds is 70. The molecule has 0 saturated heterocycles. The van der Waals surface area contributed by atoms with Gasteiger partial charge in [0.1, 0.15) is 13.2 Å². The predicted molar refractivity (Wildman–Crippen MR) is 362 cm³/mol. The molecule has 0 heterocycles. The van der Waals surface area contributed by atoms with Gasteiger partial charge in [-0.15, -0.1) is 0 Å². The van der Waals surface area contributed by atoms with Crippen molar-refractivity contribution < 1.29 is 28.6 Å². The highest BCUT2D eigenvalue weighted by Gasteiger charge is 2.19. The second-order valence-electron chi connectivity index (χ2n) is 25.6. The molecule has 0 aliphatic heterocycles. The second kappa shape index (κ2) is 72.1. The average Bonchev–Trinajstić information content (AvgIpc) is 3.48. The number of hydrogen-bond acceptors (Lipinski definition) is 6. The molecule has 0 amide bonds. The lowest BCUT2D eigenvalue weighted by Crippen LogP contribution is -2.30. The number of unbranched alkanes of at least 4 members (excludes halogenated alkanes) is 53. The Bertz CT molecular complexity index is 1380. The Hall–Kier alpha value is -2.37. The summed E-state index contributed by atoms with van der Waals surface area (Å²) in [4.78, 5) is 38.1. The van der Waals surface area contributed by atoms with Gasteiger partial charge in [-0.2, -0.15) is 0 Å². The van der Waals surface area contributed by atoms with E-state index in [1.54, 1.807) is 0 Å². The fraction of sp³-hybridized carbons (Fsp3) is 0.883. The van der Waals surface area contributed by atoms with Crippen LogP contribution in [0.4, 0.5) is 0 Å². The quantitative estimate of drug-likeness (QED) is 0.0261. The molecule has 0 spiro atoms. The van der Waals surface area contributed by atoms with Crippen molar-refractivity contribution in [3.63, 3.8) is 0 Å². The number of carbonyl (C=O) groups excluding carboxylic acids is 3. The van der Waals surface area contributed by atoms with Gasteiger partial charge in [0.25, 0.3) is 0 Å². The van der Waals surface area contributed by atoms with Gasteiger partial charge in [0.05, 0.1) is 0 Å². The Morgan fingerprint density at radius 2 is 0.434 bits per heavy atom. The van der Waals surface area contributed by atoms with Crippen molar-refractivity contribution in [2.24, 2.45) is 0 Å². The molecule has 0 aliphatic rings. The Morgan fingerprint density at radius 1 is 0.241 bits per heavy atom. The number of esters is 3. The highest BCUT2D eigenvalue weighted by atomic mass is 16.6. The van der Waals surface area contributed by atoms with E-state index in [0.717, 1.165) is 77.0 Å². The molecule has 6 heteroatoms. The van der Waals surface area contributed by atoms with Crippen LogP contribution in [0.15, 0.2) is 36.5 Å². The summed E-state index contributed by atoms with van der Waals surface area (Å²) in [5.41, 5.74) is 0. The smallest absolute Gasteiger partial charge is 0.306 e. The molecule has 0 rings (SSSR count). The predicted octanol–water partition coefficient (Wildman–Crippen LogP) is 25.9. The van der Waals surface area contributed by atoms with Crippen molar-refractivity contribution >= 4 is 17.9 Å². The fourth-order valence-corrected chi connectivity index (χ4v) is 11.5. The molecule has 0 saturated carbocycles. The van der Waals surface area contributed by atoms with E-state index >= 15 is 0 Å². The van der Waals surface area contributed by atoms with E-state index in [4.69, 9.17) is 14.2 Å². The molecule has 1 unspecified atom stereocenters. The van der Waals surface area contributed by atoms with Crippen LogP contribution >= 0.6 is 0 Å². The van der Waals surface area contributed by atoms with Gasteiger partial charge in [-0.05, 0) is 57.8 Å². The summed E-state index contributed by atoms with van der Waals surface area (Å²) in [5, 5.41) is 0. The molecule has 0 aromatic carbocycles. The van der Waals surface area contributed by atoms with E-state index in [2.05, 4.69) is 57.2 Å². The molecule has 0 N–H and O–H groups in total. The number of ether oxygens (including phenoxy) is 3. The standard InChI is InChI=1S/C77H144O6/c1-4-7-10-13-15-17-19-21-23-25-27-29-31-33-35-37-38-40-41-43-45-47-49-51-53-55-57-59-61-64-67-70-76(79)82-73-74(72-81-75(78)69-66-63-12-9-6-3)83-77(80)71-68-65-62-60-58-56-54-52-50-48-46-44-42-39-36-34-32-30-28-26-24-22-20-18-16-14-11-8-5-2/h20,22,26,28,32,34,74H,4-19,21,23-25,27,29-31,33,35-73H2,1-3H3/b22-20-,28-26-,34-32-. The number of allylic oxidation sites excluding steroid dienone is 6. The van der Waals surface area contributed by atoms with Gasteiger partial charge < -0.3 is 14.2 Å². The Morgan fingerprint density at radius 3 is 0.675 bits per heavy atom. The summed E-state index contributed by atoms with van der Waals surface area (Å²) in [5.74, 6) is -0.855. The van der Waals surface area contributed by atoms with Crippen LogP contribution in [0.3, 0.4) is 0 Å². The molecule has 1 atom stereocenters. The number of hydrogen-bond donors (Lipinski definition) is 0. The molecular weight excluding hydrogens is 1020 g/mol. The van der Waals surface area contributed by atoms with Crippen LogP contribution in [-0.2, 0) is 28.6 Å². The zero-order valence-electron chi connectivity index (χ0n) is 56.2. The van der Waals surface area contributed by atoms with Crippen LogP contribution in [0.5, 0.6) is 0 Å². The lowest BCUT2D eigenvalue weighted by atomic mass is 10.0. The van der Waals surface area contributed by atoms with Crippen LogP contribution in [0, 0.1) is 0 Å². The van der Waals surface area contributed by atoms with Gasteiger partial charge in [0.2, 0.25) is 0 Å². The molecule has 0 aromatic heterocycles. The van der Waals surface area contributed by atoms with Crippen LogP contribution < -0.4 is 0 Å². The zero-order chi connectivity index (χ0) is 59.9. The van der Waals surface area contributed by atoms with Gasteiger partial charge in [0, 0.05) is 19.3 Å². The average molecular weight is 1170 g/mol. The van der Waals surface area contributed by atoms with E-state index in [9.17, 15) is 14.4 Å². The molecule has 0 aromatic rings. The molecule has 0 radical (unpaired) electrons. The van der Waals surface area contributed by atoms with Crippen molar-refractivity contribution in [1.82, 2.24) is 0 Å². The highest BCUT2D eigenvalue weighted by molar-refractivity contribution is 5.71. The third-order valence-corrected chi connectivity index (χ3v) is 17.1. The number of carbonyl (C=O) groups is 3. The monoisotopic (exact) mass is 1170 g/mol. The van der Waals surface area contributed by atoms with Crippen LogP contribution in [-0.4, -0.2) is 37.2 Å². The highest BCUT2D eigenvalue weighted by Crippen LogP contribution is 2.19. The molecule has 488 valence electrons. The van der Waals surface area contributed by atoms with E-state index in [0.29, 0.717) is 19.3 Å². The van der Waals surface area contributed by atoms with Crippen molar-refractivity contribution in [2.45, 2.75) is 425 Å². The summed E-state index contributed by atoms with van der Waals surface area (Å²) < 4.78 is 16.8. The minimum atomic E-state index is -0.767. The fourth-order valence-electron chi connectivity index (χ4n) is 11.5. The topological polar surface area (TPSA) is 78.9 Å². The van der Waals surface area contributed by atoms with Gasteiger partial charge in [-0.25, -0.2) is 0 Å². The molecule has 83 heavy (non-hydrogen) atoms. The van der Waals surface area contributed by atoms with Crippen molar-refractivity contribution in [3.05, 3.63) is 36.5 Å². The van der Waals surface area contributed by atoms with E-state index in [1.165, 1.54) is 302 Å². The van der Waals surface area contributed by atoms with Gasteiger partial charge in [-0.1, -0.05) is 378 Å². The maximum absolute atomic E-state index is 12.9. The minimum absolute atomic E-state index is 0.0671. The Balaban J connectivity index is 3.90. The molecule has 0 aliphatic carbocycles. The Kier molecular flexibility index (Phi) is 70.0. The Labute approximate surface area is 518 Å². The summed E-state index contributed by atoms with van der Waals surface area (Å²) in [6, 6.07) is 0. The normalized spacial score (nSPS) is 12.2. The maximum Gasteiger partial charge on any atom is 0.306 e. The molecular formula is C77H144O6. The lowest BCUT2D eigenvalue weighted by molar-refractivity contribution is -0.167. The van der Waals surface area contributed by atoms with Gasteiger partial charge in [0.15, 0.2) is 6.10 Å². The first-order valence-electron chi connectivity index (χ1n) is 37.5. The zero-order valence-corrected chi connectivity index (χ0v) is 56.2. The molecule has 6 nitrogen and oxygen atoms in total. The lowest BCUT2D eigenvalue weighted by Gasteiger charge is -2.18. The summed E-state index contributed by atoms with van der Waals surface area (Å²) in [6.45, 7) is 6.62. The molecule has 0 bridgehead atoms. The van der Waals surface area contributed by atoms with Crippen LogP contribution in [0.2, 0.25) is 0 Å². The van der Waals surface area contributed by atoms with Crippen molar-refractivity contribution in [3.8, 4) is 0 Å².